The average molecular weight is 444 g/mol. The van der Waals surface area contributed by atoms with Gasteiger partial charge in [-0.25, -0.2) is 4.79 Å². The molecule has 0 radical (unpaired) electrons. The van der Waals surface area contributed by atoms with Gasteiger partial charge in [0.05, 0.1) is 10.4 Å². The molecular weight excluding hydrogens is 430 g/mol. The minimum Gasteiger partial charge on any atom is -0.454 e. The Morgan fingerprint density at radius 2 is 1.59 bits per heavy atom. The molecule has 0 atom stereocenters. The van der Waals surface area contributed by atoms with Crippen LogP contribution < -0.4 is 5.32 Å². The zero-order chi connectivity index (χ0) is 19.2. The lowest BCUT2D eigenvalue weighted by atomic mass is 10.1. The molecule has 0 spiro atoms. The molecule has 1 heterocycles. The number of ketones is 1. The van der Waals surface area contributed by atoms with Crippen molar-refractivity contribution in [1.82, 2.24) is 0 Å². The molecule has 0 fully saturated rings. The van der Waals surface area contributed by atoms with Crippen molar-refractivity contribution in [2.75, 3.05) is 11.9 Å². The number of halogens is 1. The lowest BCUT2D eigenvalue weighted by Gasteiger charge is -2.07. The minimum atomic E-state index is -0.600. The van der Waals surface area contributed by atoms with Crippen molar-refractivity contribution in [1.29, 1.82) is 0 Å². The highest BCUT2D eigenvalue weighted by Gasteiger charge is 2.13. The van der Waals surface area contributed by atoms with Crippen molar-refractivity contribution in [3.63, 3.8) is 0 Å². The zero-order valence-electron chi connectivity index (χ0n) is 14.0. The molecule has 0 unspecified atom stereocenters. The second kappa shape index (κ2) is 8.75. The summed E-state index contributed by atoms with van der Waals surface area (Å²) in [6.45, 7) is -0.336. The zero-order valence-corrected chi connectivity index (χ0v) is 16.4. The van der Waals surface area contributed by atoms with E-state index in [-0.39, 0.29) is 18.3 Å². The lowest BCUT2D eigenvalue weighted by Crippen LogP contribution is -2.14. The van der Waals surface area contributed by atoms with E-state index in [2.05, 4.69) is 21.2 Å². The molecule has 1 amide bonds. The summed E-state index contributed by atoms with van der Waals surface area (Å²) in [5.41, 5.74) is 1.33. The van der Waals surface area contributed by atoms with E-state index < -0.39 is 5.97 Å². The third kappa shape index (κ3) is 5.12. The summed E-state index contributed by atoms with van der Waals surface area (Å²) in [6, 6.07) is 16.6. The molecular formula is C20H14BrNO4S. The van der Waals surface area contributed by atoms with Crippen LogP contribution >= 0.6 is 27.3 Å². The number of rotatable bonds is 6. The quantitative estimate of drug-likeness (QED) is 0.438. The van der Waals surface area contributed by atoms with E-state index in [0.29, 0.717) is 21.7 Å². The summed E-state index contributed by atoms with van der Waals surface area (Å²) < 4.78 is 5.93. The normalized spacial score (nSPS) is 10.3. The van der Waals surface area contributed by atoms with Crippen LogP contribution in [0.2, 0.25) is 0 Å². The topological polar surface area (TPSA) is 72.5 Å². The minimum absolute atomic E-state index is 0.208. The fourth-order valence-corrected chi connectivity index (χ4v) is 3.11. The smallest absolute Gasteiger partial charge is 0.338 e. The predicted molar refractivity (Wildman–Crippen MR) is 107 cm³/mol. The summed E-state index contributed by atoms with van der Waals surface area (Å²) in [6.07, 6.45) is 0. The Hall–Kier alpha value is -2.77. The van der Waals surface area contributed by atoms with Crippen LogP contribution in [-0.4, -0.2) is 24.3 Å². The highest BCUT2D eigenvalue weighted by atomic mass is 79.9. The molecule has 5 nitrogen and oxygen atoms in total. The van der Waals surface area contributed by atoms with Crippen molar-refractivity contribution in [2.24, 2.45) is 0 Å². The van der Waals surface area contributed by atoms with Gasteiger partial charge >= 0.3 is 5.97 Å². The Balaban J connectivity index is 1.55. The second-order valence-corrected chi connectivity index (χ2v) is 7.38. The number of esters is 1. The van der Waals surface area contributed by atoms with E-state index in [0.717, 1.165) is 4.47 Å². The molecule has 7 heteroatoms. The maximum Gasteiger partial charge on any atom is 0.338 e. The van der Waals surface area contributed by atoms with Crippen molar-refractivity contribution < 1.29 is 19.1 Å². The van der Waals surface area contributed by atoms with Crippen LogP contribution in [0.1, 0.15) is 30.4 Å². The van der Waals surface area contributed by atoms with Crippen molar-refractivity contribution >= 4 is 50.6 Å². The van der Waals surface area contributed by atoms with Gasteiger partial charge in [-0.15, -0.1) is 11.3 Å². The van der Waals surface area contributed by atoms with Gasteiger partial charge in [0.2, 0.25) is 0 Å². The summed E-state index contributed by atoms with van der Waals surface area (Å²) in [7, 11) is 0. The van der Waals surface area contributed by atoms with Gasteiger partial charge in [-0.05, 0) is 47.8 Å². The molecule has 2 aromatic carbocycles. The average Bonchev–Trinajstić information content (AvgIpc) is 3.22. The first kappa shape index (κ1) is 19.0. The maximum absolute atomic E-state index is 12.1. The first-order valence-corrected chi connectivity index (χ1v) is 9.61. The number of carbonyl (C=O) groups excluding carboxylic acids is 3. The fourth-order valence-electron chi connectivity index (χ4n) is 2.22. The molecule has 0 bridgehead atoms. The van der Waals surface area contributed by atoms with Crippen LogP contribution in [0.15, 0.2) is 70.5 Å². The van der Waals surface area contributed by atoms with E-state index in [1.807, 2.05) is 5.38 Å². The summed E-state index contributed by atoms with van der Waals surface area (Å²) in [4.78, 5) is 36.7. The number of Topliss-reactive ketones (excluding diaryl/α,β-unsaturated/α-hetero) is 1. The third-order valence-electron chi connectivity index (χ3n) is 3.62. The van der Waals surface area contributed by atoms with Crippen molar-refractivity contribution in [3.8, 4) is 0 Å². The van der Waals surface area contributed by atoms with Gasteiger partial charge in [-0.1, -0.05) is 34.1 Å². The summed E-state index contributed by atoms with van der Waals surface area (Å²) in [5, 5.41) is 4.57. The number of thiophene rings is 1. The van der Waals surface area contributed by atoms with Gasteiger partial charge in [0.15, 0.2) is 12.4 Å². The molecule has 0 aliphatic rings. The number of anilines is 1. The molecule has 27 heavy (non-hydrogen) atoms. The summed E-state index contributed by atoms with van der Waals surface area (Å²) in [5.74, 6) is -1.09. The van der Waals surface area contributed by atoms with E-state index in [1.54, 1.807) is 48.5 Å². The summed E-state index contributed by atoms with van der Waals surface area (Å²) >= 11 is 4.64. The van der Waals surface area contributed by atoms with E-state index in [1.165, 1.54) is 23.5 Å². The van der Waals surface area contributed by atoms with Crippen LogP contribution in [0.5, 0.6) is 0 Å². The Morgan fingerprint density at radius 1 is 0.926 bits per heavy atom. The maximum atomic E-state index is 12.1. The SMILES string of the molecule is O=C(COC(=O)c1ccc(NC(=O)c2cccs2)cc1)c1ccc(Br)cc1. The molecule has 1 N–H and O–H groups in total. The van der Waals surface area contributed by atoms with Crippen LogP contribution in [0.4, 0.5) is 5.69 Å². The first-order valence-electron chi connectivity index (χ1n) is 7.94. The monoisotopic (exact) mass is 443 g/mol. The Bertz CT molecular complexity index is 951. The van der Waals surface area contributed by atoms with Crippen LogP contribution in [0, 0.1) is 0 Å². The molecule has 3 rings (SSSR count). The predicted octanol–water partition coefficient (Wildman–Crippen LogP) is 4.80. The van der Waals surface area contributed by atoms with Crippen LogP contribution in [-0.2, 0) is 4.74 Å². The molecule has 0 aliphatic carbocycles. The van der Waals surface area contributed by atoms with Gasteiger partial charge in [0.25, 0.3) is 5.91 Å². The largest absolute Gasteiger partial charge is 0.454 e. The Labute approximate surface area is 168 Å². The number of nitrogens with one attached hydrogen (secondary N) is 1. The number of carbonyl (C=O) groups is 3. The van der Waals surface area contributed by atoms with Crippen molar-refractivity contribution in [2.45, 2.75) is 0 Å². The van der Waals surface area contributed by atoms with Gasteiger partial charge in [0.1, 0.15) is 0 Å². The van der Waals surface area contributed by atoms with Gasteiger partial charge < -0.3 is 10.1 Å². The molecule has 0 aliphatic heterocycles. The number of benzene rings is 2. The Morgan fingerprint density at radius 3 is 2.22 bits per heavy atom. The number of hydrogen-bond acceptors (Lipinski definition) is 5. The Kier molecular flexibility index (Phi) is 6.16. The molecule has 0 saturated carbocycles. The van der Waals surface area contributed by atoms with E-state index in [4.69, 9.17) is 4.74 Å². The lowest BCUT2D eigenvalue weighted by molar-refractivity contribution is 0.0475. The number of ether oxygens (including phenoxy) is 1. The first-order chi connectivity index (χ1) is 13.0. The molecule has 3 aromatic rings. The molecule has 136 valence electrons. The van der Waals surface area contributed by atoms with Gasteiger partial charge in [-0.3, -0.25) is 9.59 Å². The second-order valence-electron chi connectivity index (χ2n) is 5.51. The van der Waals surface area contributed by atoms with E-state index in [9.17, 15) is 14.4 Å². The molecule has 1 aromatic heterocycles. The van der Waals surface area contributed by atoms with Crippen molar-refractivity contribution in [3.05, 3.63) is 86.5 Å². The van der Waals surface area contributed by atoms with Crippen LogP contribution in [0.3, 0.4) is 0 Å². The number of amides is 1. The fraction of sp³-hybridized carbons (Fsp3) is 0.0500. The van der Waals surface area contributed by atoms with Gasteiger partial charge in [0, 0.05) is 15.7 Å². The molecule has 0 saturated heterocycles. The standard InChI is InChI=1S/C20H14BrNO4S/c21-15-7-3-13(4-8-15)17(23)12-26-20(25)14-5-9-16(10-6-14)22-19(24)18-2-1-11-27-18/h1-11H,12H2,(H,22,24). The third-order valence-corrected chi connectivity index (χ3v) is 5.02. The van der Waals surface area contributed by atoms with E-state index >= 15 is 0 Å². The number of hydrogen-bond donors (Lipinski definition) is 1. The van der Waals surface area contributed by atoms with Gasteiger partial charge in [-0.2, -0.15) is 0 Å². The van der Waals surface area contributed by atoms with Crippen LogP contribution in [0.25, 0.3) is 0 Å². The highest BCUT2D eigenvalue weighted by molar-refractivity contribution is 9.10. The highest BCUT2D eigenvalue weighted by Crippen LogP contribution is 2.15.